The monoisotopic (exact) mass is 318 g/mol. The highest BCUT2D eigenvalue weighted by atomic mass is 19.1. The molecule has 1 aliphatic rings. The summed E-state index contributed by atoms with van der Waals surface area (Å²) in [5, 5.41) is 0. The third kappa shape index (κ3) is 3.92. The maximum absolute atomic E-state index is 13.4. The standard InChI is InChI=1S/C16H19FN4O2/c1-22-15-14(17)10-19-16(20-15)21-8-5-13(6-9-21)23-11-12-4-2-3-7-18-12/h2-4,7,10,13H,5-6,8-9,11H2,1H3. The van der Waals surface area contributed by atoms with Gasteiger partial charge in [0.15, 0.2) is 0 Å². The van der Waals surface area contributed by atoms with E-state index in [0.717, 1.165) is 37.8 Å². The summed E-state index contributed by atoms with van der Waals surface area (Å²) in [6.45, 7) is 2.05. The molecule has 1 aliphatic heterocycles. The van der Waals surface area contributed by atoms with Crippen molar-refractivity contribution in [3.63, 3.8) is 0 Å². The molecule has 2 aromatic rings. The predicted molar refractivity (Wildman–Crippen MR) is 82.8 cm³/mol. The lowest BCUT2D eigenvalue weighted by molar-refractivity contribution is 0.0233. The van der Waals surface area contributed by atoms with Gasteiger partial charge in [0.2, 0.25) is 11.8 Å². The lowest BCUT2D eigenvalue weighted by Crippen LogP contribution is -2.38. The van der Waals surface area contributed by atoms with Crippen LogP contribution in [0.5, 0.6) is 5.88 Å². The van der Waals surface area contributed by atoms with E-state index in [9.17, 15) is 4.39 Å². The smallest absolute Gasteiger partial charge is 0.255 e. The van der Waals surface area contributed by atoms with E-state index in [2.05, 4.69) is 15.0 Å². The number of rotatable bonds is 5. The van der Waals surface area contributed by atoms with E-state index in [-0.39, 0.29) is 12.0 Å². The number of ether oxygens (including phenoxy) is 2. The molecule has 0 saturated carbocycles. The SMILES string of the molecule is COc1nc(N2CCC(OCc3ccccn3)CC2)ncc1F. The van der Waals surface area contributed by atoms with Crippen LogP contribution in [0.2, 0.25) is 0 Å². The molecule has 2 aromatic heterocycles. The van der Waals surface area contributed by atoms with Gasteiger partial charge >= 0.3 is 0 Å². The first kappa shape index (κ1) is 15.6. The molecular weight excluding hydrogens is 299 g/mol. The van der Waals surface area contributed by atoms with Crippen LogP contribution in [0.1, 0.15) is 18.5 Å². The molecule has 1 saturated heterocycles. The minimum atomic E-state index is -0.551. The van der Waals surface area contributed by atoms with Gasteiger partial charge in [-0.15, -0.1) is 0 Å². The van der Waals surface area contributed by atoms with Crippen molar-refractivity contribution in [2.24, 2.45) is 0 Å². The second kappa shape index (κ2) is 7.32. The number of piperidine rings is 1. The van der Waals surface area contributed by atoms with Gasteiger partial charge in [0.1, 0.15) is 0 Å². The summed E-state index contributed by atoms with van der Waals surface area (Å²) in [5.74, 6) is -0.0835. The maximum Gasteiger partial charge on any atom is 0.255 e. The molecule has 0 amide bonds. The third-order valence-corrected chi connectivity index (χ3v) is 3.81. The van der Waals surface area contributed by atoms with Crippen molar-refractivity contribution in [1.29, 1.82) is 0 Å². The van der Waals surface area contributed by atoms with Crippen molar-refractivity contribution in [3.05, 3.63) is 42.1 Å². The highest BCUT2D eigenvalue weighted by Crippen LogP contribution is 2.21. The number of methoxy groups -OCH3 is 1. The number of halogens is 1. The van der Waals surface area contributed by atoms with Crippen molar-refractivity contribution in [2.45, 2.75) is 25.6 Å². The van der Waals surface area contributed by atoms with Crippen LogP contribution in [-0.2, 0) is 11.3 Å². The molecule has 1 fully saturated rings. The molecule has 3 heterocycles. The number of pyridine rings is 1. The predicted octanol–water partition coefficient (Wildman–Crippen LogP) is 2.20. The van der Waals surface area contributed by atoms with Gasteiger partial charge in [0.05, 0.1) is 31.7 Å². The topological polar surface area (TPSA) is 60.4 Å². The summed E-state index contributed by atoms with van der Waals surface area (Å²) in [7, 11) is 1.40. The Morgan fingerprint density at radius 3 is 2.78 bits per heavy atom. The fourth-order valence-electron chi connectivity index (χ4n) is 2.55. The zero-order chi connectivity index (χ0) is 16.1. The van der Waals surface area contributed by atoms with Crippen molar-refractivity contribution in [3.8, 4) is 5.88 Å². The van der Waals surface area contributed by atoms with Gasteiger partial charge in [-0.2, -0.15) is 9.37 Å². The van der Waals surface area contributed by atoms with Gasteiger partial charge in [-0.25, -0.2) is 4.98 Å². The van der Waals surface area contributed by atoms with E-state index in [1.807, 2.05) is 23.1 Å². The Bertz CT molecular complexity index is 633. The zero-order valence-corrected chi connectivity index (χ0v) is 13.0. The molecule has 0 spiro atoms. The Balaban J connectivity index is 1.52. The molecule has 0 N–H and O–H groups in total. The van der Waals surface area contributed by atoms with Crippen LogP contribution in [-0.4, -0.2) is 41.3 Å². The largest absolute Gasteiger partial charge is 0.479 e. The normalized spacial score (nSPS) is 15.7. The van der Waals surface area contributed by atoms with E-state index in [4.69, 9.17) is 9.47 Å². The van der Waals surface area contributed by atoms with Gasteiger partial charge in [-0.05, 0) is 25.0 Å². The van der Waals surface area contributed by atoms with Crippen molar-refractivity contribution >= 4 is 5.95 Å². The second-order valence-corrected chi connectivity index (χ2v) is 5.35. The van der Waals surface area contributed by atoms with E-state index in [1.165, 1.54) is 7.11 Å². The molecule has 7 heteroatoms. The maximum atomic E-state index is 13.4. The number of aromatic nitrogens is 3. The first-order chi connectivity index (χ1) is 11.3. The summed E-state index contributed by atoms with van der Waals surface area (Å²) in [6.07, 6.45) is 4.84. The molecule has 23 heavy (non-hydrogen) atoms. The molecule has 0 aliphatic carbocycles. The van der Waals surface area contributed by atoms with Crippen LogP contribution in [0, 0.1) is 5.82 Å². The Morgan fingerprint density at radius 2 is 2.09 bits per heavy atom. The van der Waals surface area contributed by atoms with Crippen LogP contribution < -0.4 is 9.64 Å². The quantitative estimate of drug-likeness (QED) is 0.842. The average molecular weight is 318 g/mol. The van der Waals surface area contributed by atoms with Crippen molar-refractivity contribution in [2.75, 3.05) is 25.1 Å². The summed E-state index contributed by atoms with van der Waals surface area (Å²) in [5.41, 5.74) is 0.932. The van der Waals surface area contributed by atoms with E-state index in [1.54, 1.807) is 6.20 Å². The first-order valence-electron chi connectivity index (χ1n) is 7.59. The summed E-state index contributed by atoms with van der Waals surface area (Å²) in [6, 6.07) is 5.79. The first-order valence-corrected chi connectivity index (χ1v) is 7.59. The minimum Gasteiger partial charge on any atom is -0.479 e. The highest BCUT2D eigenvalue weighted by molar-refractivity contribution is 5.33. The van der Waals surface area contributed by atoms with Crippen molar-refractivity contribution < 1.29 is 13.9 Å². The van der Waals surface area contributed by atoms with Gasteiger partial charge in [-0.1, -0.05) is 6.07 Å². The van der Waals surface area contributed by atoms with Gasteiger partial charge < -0.3 is 14.4 Å². The molecule has 0 atom stereocenters. The molecule has 3 rings (SSSR count). The molecule has 0 unspecified atom stereocenters. The van der Waals surface area contributed by atoms with Crippen LogP contribution in [0.15, 0.2) is 30.6 Å². The zero-order valence-electron chi connectivity index (χ0n) is 13.0. The Morgan fingerprint density at radius 1 is 1.26 bits per heavy atom. The highest BCUT2D eigenvalue weighted by Gasteiger charge is 2.22. The molecule has 0 aromatic carbocycles. The third-order valence-electron chi connectivity index (χ3n) is 3.81. The molecule has 122 valence electrons. The van der Waals surface area contributed by atoms with Crippen molar-refractivity contribution in [1.82, 2.24) is 15.0 Å². The van der Waals surface area contributed by atoms with Crippen LogP contribution >= 0.6 is 0 Å². The lowest BCUT2D eigenvalue weighted by atomic mass is 10.1. The fraction of sp³-hybridized carbons (Fsp3) is 0.438. The lowest BCUT2D eigenvalue weighted by Gasteiger charge is -2.31. The van der Waals surface area contributed by atoms with Gasteiger partial charge in [0.25, 0.3) is 5.88 Å². The summed E-state index contributed by atoms with van der Waals surface area (Å²) in [4.78, 5) is 14.4. The van der Waals surface area contributed by atoms with Crippen LogP contribution in [0.3, 0.4) is 0 Å². The molecule has 6 nitrogen and oxygen atoms in total. The van der Waals surface area contributed by atoms with Crippen LogP contribution in [0.4, 0.5) is 10.3 Å². The Kier molecular flexibility index (Phi) is 4.97. The Labute approximate surface area is 134 Å². The molecule has 0 radical (unpaired) electrons. The molecular formula is C16H19FN4O2. The van der Waals surface area contributed by atoms with Gasteiger partial charge in [0, 0.05) is 19.3 Å². The van der Waals surface area contributed by atoms with E-state index in [0.29, 0.717) is 12.6 Å². The number of hydrogen-bond acceptors (Lipinski definition) is 6. The summed E-state index contributed by atoms with van der Waals surface area (Å²) >= 11 is 0. The number of nitrogens with zero attached hydrogens (tertiary/aromatic N) is 4. The second-order valence-electron chi connectivity index (χ2n) is 5.35. The Hall–Kier alpha value is -2.28. The van der Waals surface area contributed by atoms with E-state index >= 15 is 0 Å². The molecule has 0 bridgehead atoms. The minimum absolute atomic E-state index is 0.0245. The average Bonchev–Trinajstić information content (AvgIpc) is 2.62. The van der Waals surface area contributed by atoms with Gasteiger partial charge in [-0.3, -0.25) is 4.98 Å². The van der Waals surface area contributed by atoms with E-state index < -0.39 is 5.82 Å². The fourth-order valence-corrected chi connectivity index (χ4v) is 2.55. The number of hydrogen-bond donors (Lipinski definition) is 0. The van der Waals surface area contributed by atoms with Crippen LogP contribution in [0.25, 0.3) is 0 Å². The summed E-state index contributed by atoms with van der Waals surface area (Å²) < 4.78 is 24.2. The number of anilines is 1.